The van der Waals surface area contributed by atoms with E-state index in [2.05, 4.69) is 74.7 Å². The van der Waals surface area contributed by atoms with Crippen LogP contribution < -0.4 is 10.2 Å². The van der Waals surface area contributed by atoms with E-state index in [1.807, 2.05) is 12.1 Å². The van der Waals surface area contributed by atoms with Crippen LogP contribution in [0, 0.1) is 0 Å². The van der Waals surface area contributed by atoms with Crippen molar-refractivity contribution in [2.45, 2.75) is 13.0 Å². The molecule has 0 radical (unpaired) electrons. The average molecular weight is 445 g/mol. The minimum atomic E-state index is 0.0116. The number of hydrogen-bond acceptors (Lipinski definition) is 5. The van der Waals surface area contributed by atoms with Crippen molar-refractivity contribution in [1.29, 1.82) is 0 Å². The van der Waals surface area contributed by atoms with Crippen LogP contribution in [0.4, 0.5) is 5.69 Å². The van der Waals surface area contributed by atoms with E-state index in [0.29, 0.717) is 26.2 Å². The van der Waals surface area contributed by atoms with Crippen molar-refractivity contribution in [2.75, 3.05) is 50.8 Å². The van der Waals surface area contributed by atoms with Gasteiger partial charge in [0.2, 0.25) is 5.91 Å². The summed E-state index contributed by atoms with van der Waals surface area (Å²) >= 11 is 0. The Kier molecular flexibility index (Phi) is 8.44. The maximum absolute atomic E-state index is 12.0. The van der Waals surface area contributed by atoms with E-state index in [1.54, 1.807) is 12.4 Å². The molecule has 3 aromatic rings. The molecule has 4 rings (SSSR count). The second kappa shape index (κ2) is 12.1. The Hall–Kier alpha value is -3.22. The average Bonchev–Trinajstić information content (AvgIpc) is 2.89. The number of nitrogens with one attached hydrogen (secondary N) is 1. The van der Waals surface area contributed by atoms with Gasteiger partial charge in [-0.1, -0.05) is 48.5 Å². The van der Waals surface area contributed by atoms with Crippen molar-refractivity contribution in [3.63, 3.8) is 0 Å². The Morgan fingerprint density at radius 3 is 2.39 bits per heavy atom. The monoisotopic (exact) mass is 444 g/mol. The molecule has 6 nitrogen and oxygen atoms in total. The number of nitrogens with zero attached hydrogens (tertiary/aromatic N) is 3. The number of anilines is 1. The van der Waals surface area contributed by atoms with Gasteiger partial charge in [0.1, 0.15) is 0 Å². The molecule has 0 atom stereocenters. The van der Waals surface area contributed by atoms with Gasteiger partial charge < -0.3 is 15.0 Å². The predicted molar refractivity (Wildman–Crippen MR) is 132 cm³/mol. The first-order valence-electron chi connectivity index (χ1n) is 11.6. The molecule has 1 saturated heterocycles. The topological polar surface area (TPSA) is 57.7 Å². The lowest BCUT2D eigenvalue weighted by Gasteiger charge is -2.37. The van der Waals surface area contributed by atoms with Gasteiger partial charge in [0.15, 0.2) is 0 Å². The quantitative estimate of drug-likeness (QED) is 0.485. The summed E-state index contributed by atoms with van der Waals surface area (Å²) in [5.41, 5.74) is 4.90. The molecule has 1 aromatic heterocycles. The number of carbonyl (C=O) groups is 1. The van der Waals surface area contributed by atoms with E-state index in [1.165, 1.54) is 16.8 Å². The number of para-hydroxylation sites is 1. The zero-order chi connectivity index (χ0) is 22.7. The highest BCUT2D eigenvalue weighted by atomic mass is 16.5. The molecule has 1 amide bonds. The molecule has 33 heavy (non-hydrogen) atoms. The van der Waals surface area contributed by atoms with Gasteiger partial charge in [-0.2, -0.15) is 0 Å². The number of pyridine rings is 1. The van der Waals surface area contributed by atoms with Crippen molar-refractivity contribution in [2.24, 2.45) is 0 Å². The summed E-state index contributed by atoms with van der Waals surface area (Å²) < 4.78 is 5.72. The molecule has 172 valence electrons. The standard InChI is InChI=1S/C27H32N4O2/c32-27(29-22-23-10-13-28-14-11-23)12-20-33-21-19-30-15-17-31(18-16-30)26-9-5-4-8-25(26)24-6-2-1-3-7-24/h1-11,13-14H,12,15-22H2,(H,29,32). The predicted octanol–water partition coefficient (Wildman–Crippen LogP) is 3.59. The Morgan fingerprint density at radius 2 is 1.61 bits per heavy atom. The lowest BCUT2D eigenvalue weighted by atomic mass is 10.0. The molecular weight excluding hydrogens is 412 g/mol. The number of piperazine rings is 1. The smallest absolute Gasteiger partial charge is 0.222 e. The van der Waals surface area contributed by atoms with E-state index >= 15 is 0 Å². The summed E-state index contributed by atoms with van der Waals surface area (Å²) in [5.74, 6) is 0.0116. The Balaban J connectivity index is 1.14. The van der Waals surface area contributed by atoms with Gasteiger partial charge in [-0.3, -0.25) is 14.7 Å². The first-order valence-corrected chi connectivity index (χ1v) is 11.6. The fourth-order valence-electron chi connectivity index (χ4n) is 4.07. The van der Waals surface area contributed by atoms with Crippen molar-refractivity contribution >= 4 is 11.6 Å². The summed E-state index contributed by atoms with van der Waals surface area (Å²) in [4.78, 5) is 20.9. The summed E-state index contributed by atoms with van der Waals surface area (Å²) in [6.45, 7) is 6.55. The number of carbonyl (C=O) groups excluding carboxylic acids is 1. The van der Waals surface area contributed by atoms with Crippen LogP contribution in [-0.4, -0.2) is 61.7 Å². The molecule has 0 aliphatic carbocycles. The number of benzene rings is 2. The fourth-order valence-corrected chi connectivity index (χ4v) is 4.07. The van der Waals surface area contributed by atoms with Gasteiger partial charge >= 0.3 is 0 Å². The number of amides is 1. The van der Waals surface area contributed by atoms with Crippen LogP contribution in [0.25, 0.3) is 11.1 Å². The molecule has 1 aliphatic rings. The molecule has 2 heterocycles. The van der Waals surface area contributed by atoms with Crippen molar-refractivity contribution < 1.29 is 9.53 Å². The van der Waals surface area contributed by atoms with E-state index in [9.17, 15) is 4.79 Å². The maximum atomic E-state index is 12.0. The summed E-state index contributed by atoms with van der Waals surface area (Å²) in [6, 6.07) is 23.0. The molecule has 0 unspecified atom stereocenters. The molecule has 6 heteroatoms. The number of ether oxygens (including phenoxy) is 1. The first kappa shape index (κ1) is 23.0. The van der Waals surface area contributed by atoms with Crippen LogP contribution in [0.15, 0.2) is 79.1 Å². The summed E-state index contributed by atoms with van der Waals surface area (Å²) in [5, 5.41) is 2.91. The second-order valence-corrected chi connectivity index (χ2v) is 8.21. The third-order valence-electron chi connectivity index (χ3n) is 5.97. The minimum Gasteiger partial charge on any atom is -0.380 e. The zero-order valence-corrected chi connectivity index (χ0v) is 19.0. The molecule has 0 bridgehead atoms. The van der Waals surface area contributed by atoms with Gasteiger partial charge in [0, 0.05) is 69.3 Å². The third-order valence-corrected chi connectivity index (χ3v) is 5.97. The zero-order valence-electron chi connectivity index (χ0n) is 19.0. The minimum absolute atomic E-state index is 0.0116. The van der Waals surface area contributed by atoms with Gasteiger partial charge in [-0.15, -0.1) is 0 Å². The molecule has 0 spiro atoms. The van der Waals surface area contributed by atoms with Crippen molar-refractivity contribution in [1.82, 2.24) is 15.2 Å². The summed E-state index contributed by atoms with van der Waals surface area (Å²) in [7, 11) is 0. The number of aromatic nitrogens is 1. The number of rotatable bonds is 10. The van der Waals surface area contributed by atoms with Crippen LogP contribution in [-0.2, 0) is 16.1 Å². The van der Waals surface area contributed by atoms with Crippen molar-refractivity contribution in [3.05, 3.63) is 84.7 Å². The van der Waals surface area contributed by atoms with Crippen molar-refractivity contribution in [3.8, 4) is 11.1 Å². The molecule has 1 fully saturated rings. The van der Waals surface area contributed by atoms with Crippen LogP contribution in [0.1, 0.15) is 12.0 Å². The second-order valence-electron chi connectivity index (χ2n) is 8.21. The first-order chi connectivity index (χ1) is 16.3. The lowest BCUT2D eigenvalue weighted by Crippen LogP contribution is -2.47. The third kappa shape index (κ3) is 6.88. The highest BCUT2D eigenvalue weighted by Gasteiger charge is 2.19. The molecule has 2 aromatic carbocycles. The molecule has 1 N–H and O–H groups in total. The number of hydrogen-bond donors (Lipinski definition) is 1. The van der Waals surface area contributed by atoms with E-state index in [0.717, 1.165) is 38.3 Å². The van der Waals surface area contributed by atoms with Gasteiger partial charge in [0.05, 0.1) is 13.2 Å². The fraction of sp³-hybridized carbons (Fsp3) is 0.333. The molecular formula is C27H32N4O2. The normalized spacial score (nSPS) is 14.2. The van der Waals surface area contributed by atoms with Crippen LogP contribution in [0.3, 0.4) is 0 Å². The SMILES string of the molecule is O=C(CCOCCN1CCN(c2ccccc2-c2ccccc2)CC1)NCc1ccncc1. The van der Waals surface area contributed by atoms with E-state index in [4.69, 9.17) is 4.74 Å². The van der Waals surface area contributed by atoms with Gasteiger partial charge in [0.25, 0.3) is 0 Å². The largest absolute Gasteiger partial charge is 0.380 e. The summed E-state index contributed by atoms with van der Waals surface area (Å²) in [6.07, 6.45) is 3.84. The van der Waals surface area contributed by atoms with Crippen LogP contribution in [0.5, 0.6) is 0 Å². The van der Waals surface area contributed by atoms with Gasteiger partial charge in [-0.25, -0.2) is 0 Å². The Bertz CT molecular complexity index is 989. The molecule has 1 aliphatic heterocycles. The molecule has 0 saturated carbocycles. The highest BCUT2D eigenvalue weighted by molar-refractivity contribution is 5.78. The van der Waals surface area contributed by atoms with Crippen LogP contribution in [0.2, 0.25) is 0 Å². The van der Waals surface area contributed by atoms with E-state index in [-0.39, 0.29) is 5.91 Å². The highest BCUT2D eigenvalue weighted by Crippen LogP contribution is 2.31. The van der Waals surface area contributed by atoms with E-state index < -0.39 is 0 Å². The Labute approximate surface area is 196 Å². The maximum Gasteiger partial charge on any atom is 0.222 e. The van der Waals surface area contributed by atoms with Crippen LogP contribution >= 0.6 is 0 Å². The Morgan fingerprint density at radius 1 is 0.879 bits per heavy atom. The lowest BCUT2D eigenvalue weighted by molar-refractivity contribution is -0.122. The van der Waals surface area contributed by atoms with Gasteiger partial charge in [-0.05, 0) is 29.3 Å².